The number of halogens is 3. The van der Waals surface area contributed by atoms with Crippen molar-refractivity contribution in [1.82, 2.24) is 10.3 Å². The van der Waals surface area contributed by atoms with E-state index in [-0.39, 0.29) is 16.9 Å². The summed E-state index contributed by atoms with van der Waals surface area (Å²) in [7, 11) is -0.751. The van der Waals surface area contributed by atoms with Crippen LogP contribution in [0.2, 0.25) is 5.02 Å². The van der Waals surface area contributed by atoms with Gasteiger partial charge in [0, 0.05) is 22.2 Å². The van der Waals surface area contributed by atoms with Crippen LogP contribution >= 0.6 is 11.6 Å². The van der Waals surface area contributed by atoms with Gasteiger partial charge in [0.05, 0.1) is 23.9 Å². The highest BCUT2D eigenvalue weighted by molar-refractivity contribution is 6.62. The van der Waals surface area contributed by atoms with Crippen molar-refractivity contribution in [3.63, 3.8) is 0 Å². The van der Waals surface area contributed by atoms with E-state index >= 15 is 8.78 Å². The van der Waals surface area contributed by atoms with Gasteiger partial charge in [0.25, 0.3) is 5.91 Å². The van der Waals surface area contributed by atoms with Crippen LogP contribution in [0.4, 0.5) is 14.6 Å². The van der Waals surface area contributed by atoms with Crippen molar-refractivity contribution in [2.45, 2.75) is 44.9 Å². The molecule has 2 heterocycles. The Balaban J connectivity index is 1.63. The van der Waals surface area contributed by atoms with E-state index in [1.807, 2.05) is 27.7 Å². The number of nitrogens with two attached hydrogens (primary N) is 1. The Labute approximate surface area is 219 Å². The maximum Gasteiger partial charge on any atom is 0.496 e. The summed E-state index contributed by atoms with van der Waals surface area (Å²) in [6.07, 6.45) is 1.49. The van der Waals surface area contributed by atoms with Gasteiger partial charge >= 0.3 is 7.12 Å². The second-order valence-electron chi connectivity index (χ2n) is 9.87. The summed E-state index contributed by atoms with van der Waals surface area (Å²) < 4.78 is 42.3. The van der Waals surface area contributed by atoms with E-state index < -0.39 is 54.1 Å². The van der Waals surface area contributed by atoms with Crippen molar-refractivity contribution < 1.29 is 28.0 Å². The van der Waals surface area contributed by atoms with Gasteiger partial charge in [-0.25, -0.2) is 13.8 Å². The number of nitrogen functional groups attached to an aromatic ring is 1. The van der Waals surface area contributed by atoms with E-state index in [1.54, 1.807) is 30.3 Å². The highest BCUT2D eigenvalue weighted by atomic mass is 35.5. The maximum atomic E-state index is 15.1. The largest absolute Gasteiger partial charge is 0.496 e. The van der Waals surface area contributed by atoms with Gasteiger partial charge in [-0.1, -0.05) is 23.7 Å². The van der Waals surface area contributed by atoms with Gasteiger partial charge in [0.2, 0.25) is 0 Å². The lowest BCUT2D eigenvalue weighted by Gasteiger charge is -2.32. The van der Waals surface area contributed by atoms with Crippen LogP contribution in [-0.2, 0) is 9.31 Å². The molecule has 1 atom stereocenters. The number of carbonyl (C=O) groups is 1. The summed E-state index contributed by atoms with van der Waals surface area (Å²) in [5.74, 6) is -3.19. The fraction of sp³-hybridized carbons (Fsp3) is 0.308. The van der Waals surface area contributed by atoms with E-state index in [0.29, 0.717) is 16.0 Å². The van der Waals surface area contributed by atoms with E-state index in [2.05, 4.69) is 10.3 Å². The van der Waals surface area contributed by atoms with Crippen LogP contribution < -0.4 is 16.5 Å². The highest BCUT2D eigenvalue weighted by Gasteiger charge is 2.52. The number of pyridine rings is 1. The first-order valence-electron chi connectivity index (χ1n) is 11.6. The lowest BCUT2D eigenvalue weighted by atomic mass is 9.79. The molecule has 1 saturated heterocycles. The molecule has 37 heavy (non-hydrogen) atoms. The highest BCUT2D eigenvalue weighted by Crippen LogP contribution is 2.37. The minimum absolute atomic E-state index is 0.0394. The lowest BCUT2D eigenvalue weighted by Crippen LogP contribution is -2.41. The number of carbonyl (C=O) groups excluding carboxylic acids is 1. The molecule has 1 fully saturated rings. The molecule has 3 aromatic rings. The van der Waals surface area contributed by atoms with Gasteiger partial charge in [-0.3, -0.25) is 4.79 Å². The van der Waals surface area contributed by atoms with E-state index in [4.69, 9.17) is 26.6 Å². The summed E-state index contributed by atoms with van der Waals surface area (Å²) in [5, 5.41) is 12.6. The second-order valence-corrected chi connectivity index (χ2v) is 10.3. The molecule has 4 rings (SSSR count). The van der Waals surface area contributed by atoms with Crippen molar-refractivity contribution in [2.75, 3.05) is 12.3 Å². The van der Waals surface area contributed by atoms with Crippen LogP contribution in [0.1, 0.15) is 49.7 Å². The quantitative estimate of drug-likeness (QED) is 0.417. The van der Waals surface area contributed by atoms with Crippen LogP contribution in [0.25, 0.3) is 11.1 Å². The third-order valence-electron chi connectivity index (χ3n) is 6.78. The van der Waals surface area contributed by atoms with E-state index in [0.717, 1.165) is 12.1 Å². The molecule has 0 saturated carbocycles. The Bertz CT molecular complexity index is 1320. The summed E-state index contributed by atoms with van der Waals surface area (Å²) in [4.78, 5) is 16.9. The zero-order valence-corrected chi connectivity index (χ0v) is 21.6. The molecular weight excluding hydrogens is 503 g/mol. The zero-order chi connectivity index (χ0) is 27.1. The SMILES string of the molecule is CC1(C)OB(c2cnc(N)c(-c3cc(F)c(C(=O)N[C@H](CO)c4cccc(Cl)c4)c(F)c3)c2)OC1(C)C. The van der Waals surface area contributed by atoms with Gasteiger partial charge in [0.15, 0.2) is 0 Å². The molecule has 0 bridgehead atoms. The van der Waals surface area contributed by atoms with Crippen LogP contribution in [0.15, 0.2) is 48.7 Å². The van der Waals surface area contributed by atoms with Crippen molar-refractivity contribution in [3.05, 3.63) is 76.4 Å². The van der Waals surface area contributed by atoms with Gasteiger partial charge in [0.1, 0.15) is 23.0 Å². The van der Waals surface area contributed by atoms with Crippen molar-refractivity contribution in [1.29, 1.82) is 0 Å². The molecule has 0 unspecified atom stereocenters. The average molecular weight is 530 g/mol. The van der Waals surface area contributed by atoms with E-state index in [1.165, 1.54) is 6.20 Å². The molecule has 1 aliphatic heterocycles. The number of aromatic nitrogens is 1. The number of hydrogen-bond acceptors (Lipinski definition) is 6. The first kappa shape index (κ1) is 27.0. The summed E-state index contributed by atoms with van der Waals surface area (Å²) in [6, 6.07) is 9.13. The van der Waals surface area contributed by atoms with Gasteiger partial charge in [-0.15, -0.1) is 0 Å². The molecule has 1 aromatic heterocycles. The van der Waals surface area contributed by atoms with Gasteiger partial charge < -0.3 is 25.5 Å². The topological polar surface area (TPSA) is 107 Å². The average Bonchev–Trinajstić information content (AvgIpc) is 3.03. The van der Waals surface area contributed by atoms with Gasteiger partial charge in [-0.05, 0) is 69.2 Å². The maximum absolute atomic E-state index is 15.1. The molecule has 2 aromatic carbocycles. The number of anilines is 1. The summed E-state index contributed by atoms with van der Waals surface area (Å²) in [5.41, 5.74) is 5.40. The zero-order valence-electron chi connectivity index (χ0n) is 20.8. The number of aliphatic hydroxyl groups excluding tert-OH is 1. The molecule has 1 aliphatic rings. The fourth-order valence-corrected chi connectivity index (χ4v) is 4.16. The Kier molecular flexibility index (Phi) is 7.31. The predicted octanol–water partition coefficient (Wildman–Crippen LogP) is 4.03. The first-order valence-corrected chi connectivity index (χ1v) is 12.0. The van der Waals surface area contributed by atoms with Crippen LogP contribution in [-0.4, -0.2) is 40.9 Å². The molecule has 0 aliphatic carbocycles. The number of amides is 1. The Hall–Kier alpha value is -3.05. The van der Waals surface area contributed by atoms with Crippen LogP contribution in [0.3, 0.4) is 0 Å². The minimum Gasteiger partial charge on any atom is -0.399 e. The third kappa shape index (κ3) is 5.33. The Morgan fingerprint density at radius 1 is 1.14 bits per heavy atom. The molecule has 7 nitrogen and oxygen atoms in total. The van der Waals surface area contributed by atoms with Crippen LogP contribution in [0.5, 0.6) is 0 Å². The predicted molar refractivity (Wildman–Crippen MR) is 138 cm³/mol. The van der Waals surface area contributed by atoms with Crippen molar-refractivity contribution in [2.24, 2.45) is 0 Å². The number of nitrogens with zero attached hydrogens (tertiary/aromatic N) is 1. The smallest absolute Gasteiger partial charge is 0.399 e. The standard InChI is InChI=1S/C26H27BClF2N3O4/c1-25(2)26(3,4)37-27(36-25)16-11-18(23(31)32-12-16)15-9-19(29)22(20(30)10-15)24(35)33-21(13-34)14-6-5-7-17(28)8-14/h5-12,21,34H,13H2,1-4H3,(H2,31,32)(H,33,35)/t21-/m1/s1. The molecular formula is C26H27BClF2N3O4. The minimum atomic E-state index is -1.10. The molecule has 0 radical (unpaired) electrons. The number of hydrogen-bond donors (Lipinski definition) is 3. The van der Waals surface area contributed by atoms with E-state index in [9.17, 15) is 9.90 Å². The summed E-state index contributed by atoms with van der Waals surface area (Å²) >= 11 is 5.97. The number of nitrogens with one attached hydrogen (secondary N) is 1. The Morgan fingerprint density at radius 3 is 2.32 bits per heavy atom. The molecule has 4 N–H and O–H groups in total. The first-order chi connectivity index (χ1) is 17.3. The lowest BCUT2D eigenvalue weighted by molar-refractivity contribution is 0.00578. The third-order valence-corrected chi connectivity index (χ3v) is 7.02. The van der Waals surface area contributed by atoms with Crippen molar-refractivity contribution in [3.8, 4) is 11.1 Å². The molecule has 0 spiro atoms. The normalized spacial score (nSPS) is 17.0. The monoisotopic (exact) mass is 529 g/mol. The number of benzene rings is 2. The van der Waals surface area contributed by atoms with Gasteiger partial charge in [-0.2, -0.15) is 0 Å². The molecule has 194 valence electrons. The van der Waals surface area contributed by atoms with Crippen molar-refractivity contribution >= 4 is 35.9 Å². The number of rotatable bonds is 6. The Morgan fingerprint density at radius 2 is 1.76 bits per heavy atom. The second kappa shape index (κ2) is 10.0. The molecule has 1 amide bonds. The number of aliphatic hydroxyl groups is 1. The fourth-order valence-electron chi connectivity index (χ4n) is 3.96. The van der Waals surface area contributed by atoms with Crippen LogP contribution in [0, 0.1) is 11.6 Å². The summed E-state index contributed by atoms with van der Waals surface area (Å²) in [6.45, 7) is 7.12. The molecule has 11 heteroatoms.